The first kappa shape index (κ1) is 18.5. The summed E-state index contributed by atoms with van der Waals surface area (Å²) < 4.78 is 5.67. The molecule has 1 aromatic heterocycles. The SMILES string of the molecule is C[C@@H](CC(=O)N1CCCCCC1)NC[C@@H](c1ccco1)N1CCCC1. The number of likely N-dealkylation sites (tertiary alicyclic amines) is 2. The highest BCUT2D eigenvalue weighted by Gasteiger charge is 2.26. The van der Waals surface area contributed by atoms with E-state index >= 15 is 0 Å². The van der Waals surface area contributed by atoms with Crippen LogP contribution in [0.3, 0.4) is 0 Å². The van der Waals surface area contributed by atoms with E-state index in [0.29, 0.717) is 12.3 Å². The van der Waals surface area contributed by atoms with Crippen LogP contribution >= 0.6 is 0 Å². The molecule has 25 heavy (non-hydrogen) atoms. The van der Waals surface area contributed by atoms with E-state index in [2.05, 4.69) is 28.1 Å². The summed E-state index contributed by atoms with van der Waals surface area (Å²) in [5.41, 5.74) is 0. The molecular formula is C20H33N3O2. The van der Waals surface area contributed by atoms with Crippen LogP contribution in [0.5, 0.6) is 0 Å². The second-order valence-corrected chi connectivity index (χ2v) is 7.58. The number of rotatable bonds is 7. The Kier molecular flexibility index (Phi) is 6.93. The zero-order valence-corrected chi connectivity index (χ0v) is 15.6. The van der Waals surface area contributed by atoms with Gasteiger partial charge in [0.2, 0.25) is 5.91 Å². The van der Waals surface area contributed by atoms with Crippen molar-refractivity contribution < 1.29 is 9.21 Å². The largest absolute Gasteiger partial charge is 0.468 e. The molecule has 3 rings (SSSR count). The summed E-state index contributed by atoms with van der Waals surface area (Å²) >= 11 is 0. The Bertz CT molecular complexity index is 503. The van der Waals surface area contributed by atoms with Crippen molar-refractivity contribution in [3.05, 3.63) is 24.2 Å². The quantitative estimate of drug-likeness (QED) is 0.823. The monoisotopic (exact) mass is 347 g/mol. The molecule has 2 aliphatic rings. The van der Waals surface area contributed by atoms with Crippen LogP contribution in [-0.2, 0) is 4.79 Å². The maximum atomic E-state index is 12.5. The second-order valence-electron chi connectivity index (χ2n) is 7.58. The van der Waals surface area contributed by atoms with Crippen LogP contribution in [0, 0.1) is 0 Å². The standard InChI is InChI=1S/C20H33N3O2/c1-17(15-20(24)23-12-4-2-3-5-13-23)21-16-18(19-9-8-14-25-19)22-10-6-7-11-22/h8-9,14,17-18,21H,2-7,10-13,15-16H2,1H3/t17-,18-/m0/s1. The Morgan fingerprint density at radius 3 is 2.44 bits per heavy atom. The van der Waals surface area contributed by atoms with E-state index in [0.717, 1.165) is 51.3 Å². The van der Waals surface area contributed by atoms with Crippen LogP contribution in [-0.4, -0.2) is 54.5 Å². The van der Waals surface area contributed by atoms with Crippen molar-refractivity contribution in [1.82, 2.24) is 15.1 Å². The van der Waals surface area contributed by atoms with Gasteiger partial charge in [0.25, 0.3) is 0 Å². The van der Waals surface area contributed by atoms with Gasteiger partial charge in [0, 0.05) is 32.1 Å². The fraction of sp³-hybridized carbons (Fsp3) is 0.750. The number of carbonyl (C=O) groups excluding carboxylic acids is 1. The molecule has 1 N–H and O–H groups in total. The predicted molar refractivity (Wildman–Crippen MR) is 99.4 cm³/mol. The number of hydrogen-bond acceptors (Lipinski definition) is 4. The van der Waals surface area contributed by atoms with Crippen molar-refractivity contribution in [3.63, 3.8) is 0 Å². The summed E-state index contributed by atoms with van der Waals surface area (Å²) in [7, 11) is 0. The Morgan fingerprint density at radius 1 is 1.12 bits per heavy atom. The van der Waals surface area contributed by atoms with Gasteiger partial charge < -0.3 is 14.6 Å². The van der Waals surface area contributed by atoms with Crippen LogP contribution in [0.25, 0.3) is 0 Å². The first-order chi connectivity index (χ1) is 12.2. The Morgan fingerprint density at radius 2 is 1.80 bits per heavy atom. The molecule has 3 heterocycles. The molecule has 0 aliphatic carbocycles. The highest BCUT2D eigenvalue weighted by molar-refractivity contribution is 5.76. The average Bonchev–Trinajstić information content (AvgIpc) is 3.25. The lowest BCUT2D eigenvalue weighted by molar-refractivity contribution is -0.131. The Balaban J connectivity index is 1.49. The molecular weight excluding hydrogens is 314 g/mol. The Hall–Kier alpha value is -1.33. The van der Waals surface area contributed by atoms with Crippen LogP contribution in [0.2, 0.25) is 0 Å². The van der Waals surface area contributed by atoms with Gasteiger partial charge in [0.1, 0.15) is 5.76 Å². The fourth-order valence-corrected chi connectivity index (χ4v) is 4.04. The average molecular weight is 348 g/mol. The molecule has 5 nitrogen and oxygen atoms in total. The van der Waals surface area contributed by atoms with E-state index in [-0.39, 0.29) is 12.1 Å². The van der Waals surface area contributed by atoms with E-state index < -0.39 is 0 Å². The second kappa shape index (κ2) is 9.39. The summed E-state index contributed by atoms with van der Waals surface area (Å²) in [6, 6.07) is 4.49. The zero-order chi connectivity index (χ0) is 17.5. The molecule has 1 amide bonds. The third-order valence-corrected chi connectivity index (χ3v) is 5.55. The third-order valence-electron chi connectivity index (χ3n) is 5.55. The molecule has 1 aromatic rings. The molecule has 5 heteroatoms. The van der Waals surface area contributed by atoms with E-state index in [1.165, 1.54) is 25.7 Å². The van der Waals surface area contributed by atoms with Gasteiger partial charge in [-0.25, -0.2) is 0 Å². The lowest BCUT2D eigenvalue weighted by atomic mass is 10.1. The van der Waals surface area contributed by atoms with Crippen LogP contribution < -0.4 is 5.32 Å². The zero-order valence-electron chi connectivity index (χ0n) is 15.6. The molecule has 0 aromatic carbocycles. The van der Waals surface area contributed by atoms with E-state index in [9.17, 15) is 4.79 Å². The summed E-state index contributed by atoms with van der Waals surface area (Å²) in [6.07, 6.45) is 9.71. The fourth-order valence-electron chi connectivity index (χ4n) is 4.04. The topological polar surface area (TPSA) is 48.7 Å². The minimum absolute atomic E-state index is 0.191. The number of hydrogen-bond donors (Lipinski definition) is 1. The lowest BCUT2D eigenvalue weighted by Gasteiger charge is -2.28. The van der Waals surface area contributed by atoms with Crippen LogP contribution in [0.15, 0.2) is 22.8 Å². The molecule has 140 valence electrons. The van der Waals surface area contributed by atoms with Crippen molar-refractivity contribution >= 4 is 5.91 Å². The molecule has 0 saturated carbocycles. The summed E-state index contributed by atoms with van der Waals surface area (Å²) in [5, 5.41) is 3.58. The van der Waals surface area contributed by atoms with Gasteiger partial charge in [-0.15, -0.1) is 0 Å². The molecule has 0 unspecified atom stereocenters. The molecule has 2 aliphatic heterocycles. The molecule has 2 saturated heterocycles. The van der Waals surface area contributed by atoms with Crippen LogP contribution in [0.1, 0.15) is 63.7 Å². The van der Waals surface area contributed by atoms with Gasteiger partial charge >= 0.3 is 0 Å². The molecule has 0 spiro atoms. The molecule has 0 bridgehead atoms. The van der Waals surface area contributed by atoms with Gasteiger partial charge in [-0.05, 0) is 57.8 Å². The van der Waals surface area contributed by atoms with Gasteiger partial charge in [-0.3, -0.25) is 9.69 Å². The van der Waals surface area contributed by atoms with Crippen molar-refractivity contribution in [3.8, 4) is 0 Å². The highest BCUT2D eigenvalue weighted by Crippen LogP contribution is 2.25. The summed E-state index contributed by atoms with van der Waals surface area (Å²) in [6.45, 7) is 7.10. The predicted octanol–water partition coefficient (Wildman–Crippen LogP) is 3.19. The maximum absolute atomic E-state index is 12.5. The van der Waals surface area contributed by atoms with Crippen LogP contribution in [0.4, 0.5) is 0 Å². The molecule has 0 radical (unpaired) electrons. The number of nitrogens with one attached hydrogen (secondary N) is 1. The smallest absolute Gasteiger partial charge is 0.224 e. The number of nitrogens with zero attached hydrogens (tertiary/aromatic N) is 2. The van der Waals surface area contributed by atoms with Gasteiger partial charge in [-0.1, -0.05) is 12.8 Å². The first-order valence-corrected chi connectivity index (χ1v) is 10.0. The van der Waals surface area contributed by atoms with Gasteiger partial charge in [0.05, 0.1) is 12.3 Å². The van der Waals surface area contributed by atoms with Gasteiger partial charge in [-0.2, -0.15) is 0 Å². The number of furan rings is 1. The summed E-state index contributed by atoms with van der Waals surface area (Å²) in [4.78, 5) is 17.1. The van der Waals surface area contributed by atoms with Crippen molar-refractivity contribution in [2.75, 3.05) is 32.7 Å². The van der Waals surface area contributed by atoms with E-state index in [1.54, 1.807) is 6.26 Å². The highest BCUT2D eigenvalue weighted by atomic mass is 16.3. The van der Waals surface area contributed by atoms with Crippen molar-refractivity contribution in [2.45, 2.75) is 64.0 Å². The minimum atomic E-state index is 0.191. The van der Waals surface area contributed by atoms with Gasteiger partial charge in [0.15, 0.2) is 0 Å². The summed E-state index contributed by atoms with van der Waals surface area (Å²) in [5.74, 6) is 1.33. The molecule has 2 atom stereocenters. The normalized spacial score (nSPS) is 21.9. The van der Waals surface area contributed by atoms with Crippen molar-refractivity contribution in [2.24, 2.45) is 0 Å². The number of carbonyl (C=O) groups is 1. The number of amides is 1. The first-order valence-electron chi connectivity index (χ1n) is 10.0. The minimum Gasteiger partial charge on any atom is -0.468 e. The van der Waals surface area contributed by atoms with Crippen molar-refractivity contribution in [1.29, 1.82) is 0 Å². The third kappa shape index (κ3) is 5.32. The maximum Gasteiger partial charge on any atom is 0.224 e. The lowest BCUT2D eigenvalue weighted by Crippen LogP contribution is -2.41. The Labute approximate surface area is 151 Å². The van der Waals surface area contributed by atoms with E-state index in [4.69, 9.17) is 4.42 Å². The van der Waals surface area contributed by atoms with E-state index in [1.807, 2.05) is 6.07 Å². The molecule has 2 fully saturated rings.